The molecule has 2 aromatic heterocycles. The van der Waals surface area contributed by atoms with Crippen molar-refractivity contribution in [1.82, 2.24) is 24.4 Å². The quantitative estimate of drug-likeness (QED) is 0.334. The first kappa shape index (κ1) is 31.3. The largest absolute Gasteiger partial charge is 0.490 e. The molecule has 2 aromatic carbocycles. The van der Waals surface area contributed by atoms with Crippen LogP contribution >= 0.6 is 11.5 Å². The Morgan fingerprint density at radius 1 is 0.907 bits per heavy atom. The molecular weight excluding hydrogens is 613 g/mol. The summed E-state index contributed by atoms with van der Waals surface area (Å²) in [5.74, 6) is -3.11. The second-order valence-corrected chi connectivity index (χ2v) is 11.3. The van der Waals surface area contributed by atoms with Crippen LogP contribution in [0.5, 0.6) is 0 Å². The first-order valence-corrected chi connectivity index (χ1v) is 14.8. The molecule has 2 amide bonds. The highest BCUT2D eigenvalue weighted by Gasteiger charge is 2.38. The first-order valence-electron chi connectivity index (χ1n) is 12.5. The van der Waals surface area contributed by atoms with Gasteiger partial charge in [-0.1, -0.05) is 22.7 Å². The van der Waals surface area contributed by atoms with E-state index in [1.807, 2.05) is 0 Å². The van der Waals surface area contributed by atoms with Crippen LogP contribution in [0.4, 0.5) is 18.9 Å². The summed E-state index contributed by atoms with van der Waals surface area (Å²) in [6.45, 7) is 1.84. The molecule has 0 unspecified atom stereocenters. The fourth-order valence-corrected chi connectivity index (χ4v) is 5.78. The van der Waals surface area contributed by atoms with Crippen LogP contribution in [-0.2, 0) is 14.8 Å². The SMILES string of the molecule is O=C(O)C(F)(F)F.O=C(c1ccc(NS(=O)(=O)c2cccc3cccnc23)cc1)N1CCCN(C(=O)c2csnn2)CC1. The minimum Gasteiger partial charge on any atom is -0.475 e. The lowest BCUT2D eigenvalue weighted by Crippen LogP contribution is -2.37. The van der Waals surface area contributed by atoms with Crippen molar-refractivity contribution in [3.8, 4) is 0 Å². The predicted octanol–water partition coefficient (Wildman–Crippen LogP) is 3.51. The fourth-order valence-electron chi connectivity index (χ4n) is 4.11. The molecule has 3 heterocycles. The standard InChI is InChI=1S/C24H22N6O4S2.C2HF3O2/c31-23(29-12-3-13-30(15-14-29)24(32)20-16-35-28-26-20)18-7-9-19(10-8-18)27-36(33,34)21-6-1-4-17-5-2-11-25-22(17)21;3-2(4,5)1(6)7/h1-2,4-11,16,27H,3,12-15H2;(H,6,7). The third kappa shape index (κ3) is 7.81. The third-order valence-corrected chi connectivity index (χ3v) is 8.08. The lowest BCUT2D eigenvalue weighted by atomic mass is 10.2. The second-order valence-electron chi connectivity index (χ2n) is 9.05. The van der Waals surface area contributed by atoms with Gasteiger partial charge < -0.3 is 14.9 Å². The smallest absolute Gasteiger partial charge is 0.475 e. The van der Waals surface area contributed by atoms with E-state index in [1.165, 1.54) is 6.07 Å². The third-order valence-electron chi connectivity index (χ3n) is 6.16. The van der Waals surface area contributed by atoms with Crippen LogP contribution in [0.3, 0.4) is 0 Å². The first-order chi connectivity index (χ1) is 20.4. The van der Waals surface area contributed by atoms with Crippen LogP contribution < -0.4 is 4.72 Å². The normalized spacial score (nSPS) is 13.9. The maximum Gasteiger partial charge on any atom is 0.490 e. The summed E-state index contributed by atoms with van der Waals surface area (Å²) in [5, 5.41) is 13.3. The number of nitrogens with zero attached hydrogens (tertiary/aromatic N) is 5. The van der Waals surface area contributed by atoms with Crippen molar-refractivity contribution in [2.75, 3.05) is 30.9 Å². The van der Waals surface area contributed by atoms with Gasteiger partial charge in [0.1, 0.15) is 4.90 Å². The maximum absolute atomic E-state index is 13.1. The number of aromatic nitrogens is 3. The second kappa shape index (κ2) is 13.1. The Morgan fingerprint density at radius 2 is 1.53 bits per heavy atom. The zero-order valence-electron chi connectivity index (χ0n) is 22.1. The van der Waals surface area contributed by atoms with Gasteiger partial charge in [0, 0.05) is 54.4 Å². The molecule has 4 aromatic rings. The molecule has 43 heavy (non-hydrogen) atoms. The molecule has 0 aliphatic carbocycles. The van der Waals surface area contributed by atoms with E-state index in [1.54, 1.807) is 69.9 Å². The molecule has 12 nitrogen and oxygen atoms in total. The number of hydrogen-bond donors (Lipinski definition) is 2. The number of pyridine rings is 1. The average molecular weight is 637 g/mol. The number of amides is 2. The van der Waals surface area contributed by atoms with Gasteiger partial charge in [0.2, 0.25) is 0 Å². The van der Waals surface area contributed by atoms with Gasteiger partial charge in [0.15, 0.2) is 5.69 Å². The van der Waals surface area contributed by atoms with Gasteiger partial charge in [-0.3, -0.25) is 19.3 Å². The van der Waals surface area contributed by atoms with E-state index in [0.717, 1.165) is 16.9 Å². The predicted molar refractivity (Wildman–Crippen MR) is 149 cm³/mol. The Hall–Kier alpha value is -4.64. The number of carboxylic acid groups (broad SMARTS) is 1. The molecule has 2 N–H and O–H groups in total. The van der Waals surface area contributed by atoms with E-state index in [2.05, 4.69) is 19.3 Å². The summed E-state index contributed by atoms with van der Waals surface area (Å²) in [6.07, 6.45) is -2.89. The molecule has 1 saturated heterocycles. The molecule has 1 fully saturated rings. The van der Waals surface area contributed by atoms with Crippen molar-refractivity contribution in [2.45, 2.75) is 17.5 Å². The highest BCUT2D eigenvalue weighted by Crippen LogP contribution is 2.24. The van der Waals surface area contributed by atoms with Gasteiger partial charge >= 0.3 is 12.1 Å². The fraction of sp³-hybridized carbons (Fsp3) is 0.231. The summed E-state index contributed by atoms with van der Waals surface area (Å²) in [6, 6.07) is 14.8. The Labute approximate surface area is 247 Å². The van der Waals surface area contributed by atoms with Crippen molar-refractivity contribution in [2.24, 2.45) is 0 Å². The van der Waals surface area contributed by atoms with Crippen molar-refractivity contribution < 1.29 is 41.1 Å². The number of carbonyl (C=O) groups is 3. The summed E-state index contributed by atoms with van der Waals surface area (Å²) >= 11 is 1.12. The minimum absolute atomic E-state index is 0.0813. The number of alkyl halides is 3. The van der Waals surface area contributed by atoms with Gasteiger partial charge in [-0.15, -0.1) is 5.10 Å². The summed E-state index contributed by atoms with van der Waals surface area (Å²) < 4.78 is 64.1. The molecule has 0 saturated carbocycles. The van der Waals surface area contributed by atoms with Crippen LogP contribution in [0.15, 0.2) is 71.1 Å². The van der Waals surface area contributed by atoms with Gasteiger partial charge in [-0.25, -0.2) is 13.2 Å². The van der Waals surface area contributed by atoms with Gasteiger partial charge in [0.25, 0.3) is 21.8 Å². The van der Waals surface area contributed by atoms with E-state index in [-0.39, 0.29) is 16.7 Å². The molecule has 1 aliphatic heterocycles. The summed E-state index contributed by atoms with van der Waals surface area (Å²) in [5.41, 5.74) is 1.48. The highest BCUT2D eigenvalue weighted by atomic mass is 32.2. The average Bonchev–Trinajstić information content (AvgIpc) is 3.41. The topological polar surface area (TPSA) is 163 Å². The number of carbonyl (C=O) groups excluding carboxylic acids is 2. The van der Waals surface area contributed by atoms with Gasteiger partial charge in [-0.05, 0) is 54.4 Å². The van der Waals surface area contributed by atoms with E-state index in [4.69, 9.17) is 9.90 Å². The molecule has 17 heteroatoms. The number of benzene rings is 2. The van der Waals surface area contributed by atoms with E-state index in [9.17, 15) is 31.2 Å². The molecule has 226 valence electrons. The lowest BCUT2D eigenvalue weighted by molar-refractivity contribution is -0.192. The summed E-state index contributed by atoms with van der Waals surface area (Å²) in [4.78, 5) is 42.2. The zero-order valence-corrected chi connectivity index (χ0v) is 23.7. The van der Waals surface area contributed by atoms with E-state index in [0.29, 0.717) is 55.1 Å². The van der Waals surface area contributed by atoms with Crippen LogP contribution in [0, 0.1) is 0 Å². The summed E-state index contributed by atoms with van der Waals surface area (Å²) in [7, 11) is -3.89. The minimum atomic E-state index is -5.08. The molecule has 0 spiro atoms. The number of nitrogens with one attached hydrogen (secondary N) is 1. The highest BCUT2D eigenvalue weighted by molar-refractivity contribution is 7.93. The van der Waals surface area contributed by atoms with Gasteiger partial charge in [0.05, 0.1) is 5.52 Å². The number of carboxylic acids is 1. The van der Waals surface area contributed by atoms with Crippen molar-refractivity contribution in [3.05, 3.63) is 77.4 Å². The monoisotopic (exact) mass is 636 g/mol. The van der Waals surface area contributed by atoms with Crippen molar-refractivity contribution in [3.63, 3.8) is 0 Å². The van der Waals surface area contributed by atoms with Crippen molar-refractivity contribution >= 4 is 55.9 Å². The van der Waals surface area contributed by atoms with Crippen molar-refractivity contribution in [1.29, 1.82) is 0 Å². The number of aliphatic carboxylic acids is 1. The number of fused-ring (bicyclic) bond motifs is 1. The van der Waals surface area contributed by atoms with Crippen LogP contribution in [0.2, 0.25) is 0 Å². The molecule has 0 atom stereocenters. The molecule has 1 aliphatic rings. The Kier molecular flexibility index (Phi) is 9.55. The Morgan fingerprint density at radius 3 is 2.14 bits per heavy atom. The van der Waals surface area contributed by atoms with Crippen LogP contribution in [-0.4, -0.2) is 88.0 Å². The molecular formula is C26H23F3N6O6S2. The number of sulfonamides is 1. The molecule has 5 rings (SSSR count). The number of anilines is 1. The van der Waals surface area contributed by atoms with Crippen LogP contribution in [0.1, 0.15) is 27.3 Å². The number of hydrogen-bond acceptors (Lipinski definition) is 9. The number of rotatable bonds is 5. The number of para-hydroxylation sites is 1. The Balaban J connectivity index is 0.000000541. The van der Waals surface area contributed by atoms with E-state index < -0.39 is 22.2 Å². The Bertz CT molecular complexity index is 1710. The van der Waals surface area contributed by atoms with E-state index >= 15 is 0 Å². The maximum atomic E-state index is 13.1. The van der Waals surface area contributed by atoms with Gasteiger partial charge in [-0.2, -0.15) is 13.2 Å². The molecule has 0 radical (unpaired) electrons. The van der Waals surface area contributed by atoms with Crippen LogP contribution in [0.25, 0.3) is 10.9 Å². The molecule has 0 bridgehead atoms. The lowest BCUT2D eigenvalue weighted by Gasteiger charge is -2.22. The number of halogens is 3. The zero-order chi connectivity index (χ0) is 31.2.